The van der Waals surface area contributed by atoms with E-state index < -0.39 is 0 Å². The summed E-state index contributed by atoms with van der Waals surface area (Å²) in [6.45, 7) is 2.78. The third kappa shape index (κ3) is 4.56. The summed E-state index contributed by atoms with van der Waals surface area (Å²) in [6.07, 6.45) is 3.65. The van der Waals surface area contributed by atoms with Crippen LogP contribution >= 0.6 is 0 Å². The van der Waals surface area contributed by atoms with Gasteiger partial charge >= 0.3 is 0 Å². The first-order valence-electron chi connectivity index (χ1n) is 6.97. The summed E-state index contributed by atoms with van der Waals surface area (Å²) in [4.78, 5) is 11.5. The highest BCUT2D eigenvalue weighted by Crippen LogP contribution is 2.23. The fourth-order valence-corrected chi connectivity index (χ4v) is 2.06. The number of amides is 1. The lowest BCUT2D eigenvalue weighted by Gasteiger charge is -2.15. The number of phenolic OH excluding ortho intramolecular Hbond substituents is 1. The van der Waals surface area contributed by atoms with Crippen molar-refractivity contribution in [2.24, 2.45) is 0 Å². The first-order valence-corrected chi connectivity index (χ1v) is 6.97. The number of phenols is 1. The molecule has 1 saturated carbocycles. The van der Waals surface area contributed by atoms with E-state index in [1.165, 1.54) is 0 Å². The summed E-state index contributed by atoms with van der Waals surface area (Å²) < 4.78 is 0. The minimum atomic E-state index is 0.0905. The molecule has 19 heavy (non-hydrogen) atoms. The predicted molar refractivity (Wildman–Crippen MR) is 74.9 cm³/mol. The quantitative estimate of drug-likeness (QED) is 0.659. The van der Waals surface area contributed by atoms with Gasteiger partial charge in [0, 0.05) is 24.1 Å². The van der Waals surface area contributed by atoms with Crippen LogP contribution < -0.4 is 10.6 Å². The summed E-state index contributed by atoms with van der Waals surface area (Å²) in [5.74, 6) is 0.466. The van der Waals surface area contributed by atoms with E-state index in [2.05, 4.69) is 10.6 Å². The van der Waals surface area contributed by atoms with Crippen LogP contribution in [0.5, 0.6) is 5.75 Å². The first-order chi connectivity index (χ1) is 9.16. The van der Waals surface area contributed by atoms with E-state index in [0.29, 0.717) is 18.2 Å². The molecule has 1 atom stereocenters. The fraction of sp³-hybridized carbons (Fsp3) is 0.533. The molecule has 0 saturated heterocycles. The molecule has 1 aliphatic rings. The Morgan fingerprint density at radius 3 is 2.84 bits per heavy atom. The summed E-state index contributed by atoms with van der Waals surface area (Å²) in [6, 6.07) is 7.86. The average Bonchev–Trinajstić information content (AvgIpc) is 3.19. The molecule has 0 heterocycles. The van der Waals surface area contributed by atoms with Crippen molar-refractivity contribution in [1.82, 2.24) is 10.6 Å². The van der Waals surface area contributed by atoms with Crippen molar-refractivity contribution in [2.45, 2.75) is 44.7 Å². The number of carbonyl (C=O) groups excluding carboxylic acids is 1. The molecular formula is C15H22N2O2. The van der Waals surface area contributed by atoms with Gasteiger partial charge in [0.25, 0.3) is 0 Å². The molecule has 0 aliphatic heterocycles. The molecular weight excluding hydrogens is 240 g/mol. The maximum absolute atomic E-state index is 11.5. The summed E-state index contributed by atoms with van der Waals surface area (Å²) in [5, 5.41) is 16.0. The largest absolute Gasteiger partial charge is 0.508 e. The lowest BCUT2D eigenvalue weighted by molar-refractivity contribution is -0.121. The normalized spacial score (nSPS) is 16.1. The number of rotatable bonds is 7. The highest BCUT2D eigenvalue weighted by molar-refractivity contribution is 5.76. The Bertz CT molecular complexity index is 430. The summed E-state index contributed by atoms with van der Waals surface area (Å²) in [5.41, 5.74) is 0.893. The standard InChI is InChI=1S/C15H22N2O2/c1-11(13-5-2-3-6-14(13)18)16-10-4-7-15(19)17-12-8-9-12/h2-3,5-6,11-12,16,18H,4,7-10H2,1H3,(H,17,19). The minimum Gasteiger partial charge on any atom is -0.508 e. The molecule has 3 N–H and O–H groups in total. The molecule has 4 nitrogen and oxygen atoms in total. The summed E-state index contributed by atoms with van der Waals surface area (Å²) >= 11 is 0. The van der Waals surface area contributed by atoms with Crippen molar-refractivity contribution in [3.8, 4) is 5.75 Å². The molecule has 0 radical (unpaired) electrons. The van der Waals surface area contributed by atoms with Crippen LogP contribution in [-0.2, 0) is 4.79 Å². The lowest BCUT2D eigenvalue weighted by atomic mass is 10.1. The van der Waals surface area contributed by atoms with Crippen molar-refractivity contribution < 1.29 is 9.90 Å². The Labute approximate surface area is 114 Å². The number of nitrogens with one attached hydrogen (secondary N) is 2. The molecule has 0 aromatic heterocycles. The van der Waals surface area contributed by atoms with Crippen LogP contribution in [0.2, 0.25) is 0 Å². The minimum absolute atomic E-state index is 0.0905. The highest BCUT2D eigenvalue weighted by Gasteiger charge is 2.22. The van der Waals surface area contributed by atoms with Gasteiger partial charge in [-0.2, -0.15) is 0 Å². The van der Waals surface area contributed by atoms with Crippen molar-refractivity contribution in [3.63, 3.8) is 0 Å². The molecule has 0 spiro atoms. The monoisotopic (exact) mass is 262 g/mol. The fourth-order valence-electron chi connectivity index (χ4n) is 2.06. The molecule has 1 amide bonds. The van der Waals surface area contributed by atoms with Gasteiger partial charge in [-0.25, -0.2) is 0 Å². The molecule has 1 fully saturated rings. The Morgan fingerprint density at radius 1 is 1.42 bits per heavy atom. The zero-order chi connectivity index (χ0) is 13.7. The van der Waals surface area contributed by atoms with E-state index in [1.807, 2.05) is 25.1 Å². The number of hydrogen-bond donors (Lipinski definition) is 3. The van der Waals surface area contributed by atoms with E-state index in [-0.39, 0.29) is 11.9 Å². The maximum atomic E-state index is 11.5. The molecule has 1 unspecified atom stereocenters. The smallest absolute Gasteiger partial charge is 0.220 e. The lowest BCUT2D eigenvalue weighted by Crippen LogP contribution is -2.27. The van der Waals surface area contributed by atoms with Gasteiger partial charge in [0.05, 0.1) is 0 Å². The van der Waals surface area contributed by atoms with Gasteiger partial charge in [0.1, 0.15) is 5.75 Å². The predicted octanol–water partition coefficient (Wildman–Crippen LogP) is 2.10. The zero-order valence-electron chi connectivity index (χ0n) is 11.4. The Hall–Kier alpha value is -1.55. The molecule has 0 bridgehead atoms. The number of para-hydroxylation sites is 1. The third-order valence-electron chi connectivity index (χ3n) is 3.38. The van der Waals surface area contributed by atoms with Crippen LogP contribution in [0, 0.1) is 0 Å². The Balaban J connectivity index is 1.64. The van der Waals surface area contributed by atoms with E-state index in [9.17, 15) is 9.90 Å². The van der Waals surface area contributed by atoms with Crippen LogP contribution in [0.4, 0.5) is 0 Å². The Kier molecular flexibility index (Phi) is 4.80. The molecule has 1 aromatic rings. The number of hydrogen-bond acceptors (Lipinski definition) is 3. The molecule has 1 aromatic carbocycles. The van der Waals surface area contributed by atoms with Crippen molar-refractivity contribution in [2.75, 3.05) is 6.54 Å². The van der Waals surface area contributed by atoms with E-state index in [4.69, 9.17) is 0 Å². The van der Waals surface area contributed by atoms with E-state index in [1.54, 1.807) is 6.07 Å². The van der Waals surface area contributed by atoms with Crippen molar-refractivity contribution >= 4 is 5.91 Å². The molecule has 4 heteroatoms. The van der Waals surface area contributed by atoms with Gasteiger partial charge in [-0.3, -0.25) is 4.79 Å². The molecule has 104 valence electrons. The number of benzene rings is 1. The second-order valence-electron chi connectivity index (χ2n) is 5.18. The van der Waals surface area contributed by atoms with Gasteiger partial charge in [-0.1, -0.05) is 18.2 Å². The zero-order valence-corrected chi connectivity index (χ0v) is 11.4. The van der Waals surface area contributed by atoms with E-state index in [0.717, 1.165) is 31.4 Å². The number of carbonyl (C=O) groups is 1. The van der Waals surface area contributed by atoms with Gasteiger partial charge in [-0.15, -0.1) is 0 Å². The van der Waals surface area contributed by atoms with Gasteiger partial charge in [-0.05, 0) is 38.8 Å². The van der Waals surface area contributed by atoms with E-state index >= 15 is 0 Å². The summed E-state index contributed by atoms with van der Waals surface area (Å²) in [7, 11) is 0. The van der Waals surface area contributed by atoms with Crippen LogP contribution in [0.15, 0.2) is 24.3 Å². The maximum Gasteiger partial charge on any atom is 0.220 e. The van der Waals surface area contributed by atoms with Crippen LogP contribution in [-0.4, -0.2) is 23.6 Å². The second kappa shape index (κ2) is 6.57. The second-order valence-corrected chi connectivity index (χ2v) is 5.18. The van der Waals surface area contributed by atoms with Gasteiger partial charge < -0.3 is 15.7 Å². The Morgan fingerprint density at radius 2 is 2.16 bits per heavy atom. The molecule has 1 aliphatic carbocycles. The first kappa shape index (κ1) is 13.9. The topological polar surface area (TPSA) is 61.4 Å². The van der Waals surface area contributed by atoms with Crippen molar-refractivity contribution in [3.05, 3.63) is 29.8 Å². The van der Waals surface area contributed by atoms with Crippen LogP contribution in [0.3, 0.4) is 0 Å². The van der Waals surface area contributed by atoms with Gasteiger partial charge in [0.15, 0.2) is 0 Å². The molecule has 2 rings (SSSR count). The third-order valence-corrected chi connectivity index (χ3v) is 3.38. The van der Waals surface area contributed by atoms with Crippen LogP contribution in [0.1, 0.15) is 44.2 Å². The van der Waals surface area contributed by atoms with Gasteiger partial charge in [0.2, 0.25) is 5.91 Å². The SMILES string of the molecule is CC(NCCCC(=O)NC1CC1)c1ccccc1O. The highest BCUT2D eigenvalue weighted by atomic mass is 16.3. The average molecular weight is 262 g/mol. The van der Waals surface area contributed by atoms with Crippen LogP contribution in [0.25, 0.3) is 0 Å². The number of aromatic hydroxyl groups is 1. The van der Waals surface area contributed by atoms with Crippen molar-refractivity contribution in [1.29, 1.82) is 0 Å².